The van der Waals surface area contributed by atoms with Crippen LogP contribution in [0.4, 0.5) is 26.3 Å². The van der Waals surface area contributed by atoms with Crippen LogP contribution in [0.15, 0.2) is 60.1 Å². The lowest BCUT2D eigenvalue weighted by molar-refractivity contribution is -0.137. The van der Waals surface area contributed by atoms with Crippen molar-refractivity contribution in [3.05, 3.63) is 76.2 Å². The van der Waals surface area contributed by atoms with Crippen LogP contribution < -0.4 is 0 Å². The number of rotatable bonds is 5. The molecule has 4 rings (SSSR count). The molecule has 0 amide bonds. The second-order valence-electron chi connectivity index (χ2n) is 6.98. The summed E-state index contributed by atoms with van der Waals surface area (Å²) < 4.78 is 82.6. The van der Waals surface area contributed by atoms with E-state index in [1.807, 2.05) is 0 Å². The van der Waals surface area contributed by atoms with E-state index in [-0.39, 0.29) is 5.01 Å². The zero-order valence-corrected chi connectivity index (χ0v) is 18.0. The summed E-state index contributed by atoms with van der Waals surface area (Å²) in [5, 5.41) is 15.1. The molecule has 180 valence electrons. The van der Waals surface area contributed by atoms with Gasteiger partial charge in [0.25, 0.3) is 0 Å². The van der Waals surface area contributed by atoms with Gasteiger partial charge in [-0.25, -0.2) is 19.4 Å². The lowest BCUT2D eigenvalue weighted by atomic mass is 10.1. The van der Waals surface area contributed by atoms with Gasteiger partial charge in [-0.1, -0.05) is 36.4 Å². The predicted molar refractivity (Wildman–Crippen MR) is 115 cm³/mol. The molecule has 0 saturated heterocycles. The highest BCUT2D eigenvalue weighted by Crippen LogP contribution is 2.39. The first-order valence-corrected chi connectivity index (χ1v) is 10.5. The van der Waals surface area contributed by atoms with Crippen molar-refractivity contribution in [1.29, 1.82) is 0 Å². The number of aliphatic carboxylic acids is 1. The average Bonchev–Trinajstić information content (AvgIpc) is 3.46. The van der Waals surface area contributed by atoms with Gasteiger partial charge in [0.1, 0.15) is 10.6 Å². The Balaban J connectivity index is 2.02. The van der Waals surface area contributed by atoms with Gasteiger partial charge in [-0.05, 0) is 12.1 Å². The van der Waals surface area contributed by atoms with E-state index in [0.717, 1.165) is 58.6 Å². The highest BCUT2D eigenvalue weighted by atomic mass is 32.1. The Morgan fingerprint density at radius 3 is 2.03 bits per heavy atom. The van der Waals surface area contributed by atoms with Crippen LogP contribution in [-0.4, -0.2) is 30.8 Å². The summed E-state index contributed by atoms with van der Waals surface area (Å²) >= 11 is 0.946. The number of hydrogen-bond acceptors (Lipinski definition) is 5. The van der Waals surface area contributed by atoms with E-state index in [0.29, 0.717) is 0 Å². The Bertz CT molecular complexity index is 1410. The molecule has 4 aromatic rings. The number of carbonyl (C=O) groups is 1. The van der Waals surface area contributed by atoms with Crippen molar-refractivity contribution in [1.82, 2.24) is 19.7 Å². The van der Waals surface area contributed by atoms with E-state index in [4.69, 9.17) is 0 Å². The zero-order chi connectivity index (χ0) is 25.4. The molecule has 1 N–H and O–H groups in total. The highest BCUT2D eigenvalue weighted by molar-refractivity contribution is 7.11. The number of nitrogens with zero attached hydrogens (tertiary/aromatic N) is 4. The van der Waals surface area contributed by atoms with Gasteiger partial charge in [0.15, 0.2) is 11.6 Å². The molecular weight excluding hydrogens is 498 g/mol. The maximum atomic E-state index is 13.7. The van der Waals surface area contributed by atoms with E-state index >= 15 is 0 Å². The number of hydrogen-bond donors (Lipinski definition) is 1. The van der Waals surface area contributed by atoms with Gasteiger partial charge in [-0.3, -0.25) is 0 Å². The summed E-state index contributed by atoms with van der Waals surface area (Å²) in [6, 6.07) is 8.58. The molecule has 0 radical (unpaired) electrons. The number of thiazole rings is 1. The second kappa shape index (κ2) is 8.98. The third-order valence-electron chi connectivity index (χ3n) is 4.72. The molecule has 0 aliphatic heterocycles. The van der Waals surface area contributed by atoms with Gasteiger partial charge in [0.2, 0.25) is 0 Å². The van der Waals surface area contributed by atoms with Gasteiger partial charge in [0.05, 0.1) is 11.1 Å². The number of carboxylic acids is 1. The Kier molecular flexibility index (Phi) is 6.19. The van der Waals surface area contributed by atoms with Crippen LogP contribution >= 0.6 is 11.3 Å². The number of aromatic nitrogens is 4. The third-order valence-corrected chi connectivity index (χ3v) is 5.53. The predicted octanol–water partition coefficient (Wildman–Crippen LogP) is 6.19. The smallest absolute Gasteiger partial charge is 0.417 e. The SMILES string of the molecule is O=C(O)/C(=C/n1nc(-c2ccccc2C(F)(F)F)nc1-c1ccccc1C(F)(F)F)c1nccs1. The molecule has 6 nitrogen and oxygen atoms in total. The maximum Gasteiger partial charge on any atom is 0.417 e. The van der Waals surface area contributed by atoms with E-state index in [9.17, 15) is 36.2 Å². The van der Waals surface area contributed by atoms with Crippen LogP contribution in [0.5, 0.6) is 0 Å². The Labute approximate surface area is 196 Å². The summed E-state index contributed by atoms with van der Waals surface area (Å²) in [4.78, 5) is 19.7. The maximum absolute atomic E-state index is 13.7. The number of benzene rings is 2. The van der Waals surface area contributed by atoms with Crippen molar-refractivity contribution in [3.63, 3.8) is 0 Å². The van der Waals surface area contributed by atoms with Crippen LogP contribution in [0, 0.1) is 0 Å². The molecule has 0 bridgehead atoms. The van der Waals surface area contributed by atoms with Crippen LogP contribution in [0.3, 0.4) is 0 Å². The van der Waals surface area contributed by atoms with Crippen molar-refractivity contribution < 1.29 is 36.2 Å². The Hall–Kier alpha value is -4.00. The minimum atomic E-state index is -4.83. The minimum Gasteiger partial charge on any atom is -0.478 e. The lowest BCUT2D eigenvalue weighted by Gasteiger charge is -2.12. The molecule has 2 aromatic heterocycles. The first-order valence-electron chi connectivity index (χ1n) is 9.61. The van der Waals surface area contributed by atoms with Crippen molar-refractivity contribution in [2.24, 2.45) is 0 Å². The third kappa shape index (κ3) is 4.94. The monoisotopic (exact) mass is 510 g/mol. The van der Waals surface area contributed by atoms with E-state index < -0.39 is 57.8 Å². The fraction of sp³-hybridized carbons (Fsp3) is 0.0909. The lowest BCUT2D eigenvalue weighted by Crippen LogP contribution is -2.09. The van der Waals surface area contributed by atoms with E-state index in [1.54, 1.807) is 0 Å². The molecule has 2 heterocycles. The van der Waals surface area contributed by atoms with Crippen LogP contribution in [0.1, 0.15) is 16.1 Å². The van der Waals surface area contributed by atoms with Gasteiger partial charge in [-0.15, -0.1) is 16.4 Å². The van der Waals surface area contributed by atoms with E-state index in [2.05, 4.69) is 15.1 Å². The second-order valence-corrected chi connectivity index (χ2v) is 7.87. The molecule has 0 saturated carbocycles. The van der Waals surface area contributed by atoms with Crippen LogP contribution in [0.2, 0.25) is 0 Å². The summed E-state index contributed by atoms with van der Waals surface area (Å²) in [7, 11) is 0. The standard InChI is InChI=1S/C22H12F6N4O2S/c23-21(24,25)15-7-3-1-5-12(15)17-30-18(13-6-2-4-8-16(13)22(26,27)28)32(31-17)11-14(20(33)34)19-29-9-10-35-19/h1-11H,(H,33,34)/b14-11+. The van der Waals surface area contributed by atoms with Crippen LogP contribution in [0.25, 0.3) is 34.5 Å². The molecule has 0 aliphatic rings. The minimum absolute atomic E-state index is 0.0142. The Morgan fingerprint density at radius 2 is 1.49 bits per heavy atom. The number of halogens is 6. The van der Waals surface area contributed by atoms with Gasteiger partial charge >= 0.3 is 18.3 Å². The molecule has 0 spiro atoms. The van der Waals surface area contributed by atoms with Crippen molar-refractivity contribution in [3.8, 4) is 22.8 Å². The quantitative estimate of drug-likeness (QED) is 0.256. The fourth-order valence-electron chi connectivity index (χ4n) is 3.24. The molecule has 35 heavy (non-hydrogen) atoms. The van der Waals surface area contributed by atoms with Gasteiger partial charge in [-0.2, -0.15) is 26.3 Å². The molecule has 13 heteroatoms. The fourth-order valence-corrected chi connectivity index (χ4v) is 3.88. The summed E-state index contributed by atoms with van der Waals surface area (Å²) in [5.41, 5.74) is -3.64. The molecular formula is C22H12F6N4O2S. The molecule has 0 aliphatic carbocycles. The molecule has 0 atom stereocenters. The highest BCUT2D eigenvalue weighted by Gasteiger charge is 2.37. The molecule has 2 aromatic carbocycles. The average molecular weight is 510 g/mol. The summed E-state index contributed by atoms with van der Waals surface area (Å²) in [6.45, 7) is 0. The normalized spacial score (nSPS) is 12.7. The van der Waals surface area contributed by atoms with Crippen molar-refractivity contribution in [2.45, 2.75) is 12.4 Å². The van der Waals surface area contributed by atoms with E-state index in [1.165, 1.54) is 23.7 Å². The van der Waals surface area contributed by atoms with Crippen molar-refractivity contribution in [2.75, 3.05) is 0 Å². The topological polar surface area (TPSA) is 80.9 Å². The molecule has 0 fully saturated rings. The van der Waals surface area contributed by atoms with Crippen molar-refractivity contribution >= 4 is 29.1 Å². The van der Waals surface area contributed by atoms with Gasteiger partial charge in [0, 0.05) is 28.9 Å². The number of alkyl halides is 6. The Morgan fingerprint density at radius 1 is 0.914 bits per heavy atom. The first kappa shape index (κ1) is 24.1. The van der Waals surface area contributed by atoms with Crippen LogP contribution in [-0.2, 0) is 17.1 Å². The first-order chi connectivity index (χ1) is 16.5. The molecule has 0 unspecified atom stereocenters. The number of carboxylic acid groups (broad SMARTS) is 1. The van der Waals surface area contributed by atoms with Gasteiger partial charge < -0.3 is 5.11 Å². The largest absolute Gasteiger partial charge is 0.478 e. The zero-order valence-electron chi connectivity index (χ0n) is 17.2. The summed E-state index contributed by atoms with van der Waals surface area (Å²) in [6.07, 6.45) is -7.43. The summed E-state index contributed by atoms with van der Waals surface area (Å²) in [5.74, 6) is -2.51.